The number of hydrogen-bond donors (Lipinski definition) is 1. The van der Waals surface area contributed by atoms with Gasteiger partial charge in [-0.3, -0.25) is 9.59 Å². The highest BCUT2D eigenvalue weighted by atomic mass is 16.5. The van der Waals surface area contributed by atoms with E-state index in [-0.39, 0.29) is 11.0 Å². The van der Waals surface area contributed by atoms with E-state index < -0.39 is 5.97 Å². The zero-order valence-electron chi connectivity index (χ0n) is 17.9. The Bertz CT molecular complexity index is 701. The molecule has 0 aromatic heterocycles. The molecule has 0 radical (unpaired) electrons. The van der Waals surface area contributed by atoms with Crippen LogP contribution in [0.5, 0.6) is 0 Å². The Morgan fingerprint density at radius 2 is 1.69 bits per heavy atom. The fraction of sp³-hybridized carbons (Fsp3) is 0.680. The van der Waals surface area contributed by atoms with Gasteiger partial charge in [-0.15, -0.1) is 0 Å². The van der Waals surface area contributed by atoms with Crippen molar-refractivity contribution in [1.82, 2.24) is 0 Å². The van der Waals surface area contributed by atoms with Gasteiger partial charge in [-0.05, 0) is 94.2 Å². The highest BCUT2D eigenvalue weighted by Gasteiger charge is 2.49. The molecular weight excluding hydrogens is 364 g/mol. The Morgan fingerprint density at radius 1 is 1.00 bits per heavy atom. The van der Waals surface area contributed by atoms with Crippen LogP contribution in [0.3, 0.4) is 0 Å². The Morgan fingerprint density at radius 3 is 2.31 bits per heavy atom. The number of rotatable bonds is 15. The van der Waals surface area contributed by atoms with Gasteiger partial charge in [0.1, 0.15) is 5.60 Å². The number of benzene rings is 1. The first-order valence-corrected chi connectivity index (χ1v) is 11.4. The van der Waals surface area contributed by atoms with Crippen LogP contribution < -0.4 is 0 Å². The Balaban J connectivity index is 1.29. The van der Waals surface area contributed by atoms with E-state index in [1.807, 2.05) is 0 Å². The molecule has 0 unspecified atom stereocenters. The summed E-state index contributed by atoms with van der Waals surface area (Å²) in [6, 6.07) is 6.88. The molecule has 0 aliphatic heterocycles. The van der Waals surface area contributed by atoms with Gasteiger partial charge < -0.3 is 9.84 Å². The maximum Gasteiger partial charge on any atom is 0.309 e. The van der Waals surface area contributed by atoms with E-state index >= 15 is 0 Å². The summed E-state index contributed by atoms with van der Waals surface area (Å²) < 4.78 is 5.21. The van der Waals surface area contributed by atoms with Crippen LogP contribution in [0.1, 0.15) is 93.7 Å². The van der Waals surface area contributed by atoms with Crippen LogP contribution in [0, 0.1) is 12.3 Å². The van der Waals surface area contributed by atoms with Crippen LogP contribution in [0.4, 0.5) is 0 Å². The summed E-state index contributed by atoms with van der Waals surface area (Å²) in [4.78, 5) is 21.7. The lowest BCUT2D eigenvalue weighted by atomic mass is 9.95. The van der Waals surface area contributed by atoms with Crippen molar-refractivity contribution >= 4 is 12.4 Å². The van der Waals surface area contributed by atoms with Gasteiger partial charge in [-0.25, -0.2) is 0 Å². The van der Waals surface area contributed by atoms with Crippen LogP contribution >= 0.6 is 0 Å². The summed E-state index contributed by atoms with van der Waals surface area (Å²) in [7, 11) is 0. The highest BCUT2D eigenvalue weighted by molar-refractivity contribution is 5.77. The standard InChI is InChI=1S/C25H36O4/c1-20-18-21(8-5-7-13-25(16-17-25)29-19-26)10-11-22(20)9-4-2-3-6-12-24(14-15-24)23(27)28/h10-11,18-19H,2-9,12-17H2,1H3,(H,27,28). The summed E-state index contributed by atoms with van der Waals surface area (Å²) in [5.41, 5.74) is 3.75. The number of hydrogen-bond acceptors (Lipinski definition) is 3. The second-order valence-corrected chi connectivity index (χ2v) is 9.36. The molecule has 0 bridgehead atoms. The predicted octanol–water partition coefficient (Wildman–Crippen LogP) is 5.77. The number of carboxylic acids is 1. The van der Waals surface area contributed by atoms with Crippen molar-refractivity contribution in [1.29, 1.82) is 0 Å². The molecule has 1 aromatic carbocycles. The quantitative estimate of drug-likeness (QED) is 0.300. The fourth-order valence-corrected chi connectivity index (χ4v) is 4.49. The number of carboxylic acid groups (broad SMARTS) is 1. The van der Waals surface area contributed by atoms with E-state index in [0.717, 1.165) is 77.0 Å². The molecule has 1 aromatic rings. The Kier molecular flexibility index (Phi) is 7.37. The maximum absolute atomic E-state index is 11.2. The minimum Gasteiger partial charge on any atom is -0.481 e. The van der Waals surface area contributed by atoms with Crippen LogP contribution in [-0.2, 0) is 27.2 Å². The van der Waals surface area contributed by atoms with Gasteiger partial charge in [0.05, 0.1) is 5.41 Å². The third-order valence-electron chi connectivity index (χ3n) is 7.02. The number of carbonyl (C=O) groups is 2. The summed E-state index contributed by atoms with van der Waals surface area (Å²) in [5.74, 6) is -0.588. The van der Waals surface area contributed by atoms with Gasteiger partial charge >= 0.3 is 5.97 Å². The summed E-state index contributed by atoms with van der Waals surface area (Å²) in [6.45, 7) is 2.81. The lowest BCUT2D eigenvalue weighted by Crippen LogP contribution is -2.14. The minimum atomic E-state index is -0.588. The van der Waals surface area contributed by atoms with Crippen LogP contribution in [0.15, 0.2) is 18.2 Å². The zero-order valence-corrected chi connectivity index (χ0v) is 17.9. The minimum absolute atomic E-state index is 0.117. The number of ether oxygens (including phenoxy) is 1. The van der Waals surface area contributed by atoms with Crippen molar-refractivity contribution in [2.24, 2.45) is 5.41 Å². The molecule has 3 rings (SSSR count). The molecule has 4 heteroatoms. The van der Waals surface area contributed by atoms with Crippen molar-refractivity contribution < 1.29 is 19.4 Å². The van der Waals surface area contributed by atoms with E-state index in [4.69, 9.17) is 4.74 Å². The largest absolute Gasteiger partial charge is 0.481 e. The molecule has 29 heavy (non-hydrogen) atoms. The van der Waals surface area contributed by atoms with Gasteiger partial charge in [0.2, 0.25) is 0 Å². The molecule has 160 valence electrons. The Labute approximate surface area is 175 Å². The van der Waals surface area contributed by atoms with Crippen molar-refractivity contribution in [3.63, 3.8) is 0 Å². The van der Waals surface area contributed by atoms with E-state index in [9.17, 15) is 14.7 Å². The SMILES string of the molecule is Cc1cc(CCCCC2(OC=O)CC2)ccc1CCCCCCC1(C(=O)O)CC1. The van der Waals surface area contributed by atoms with Gasteiger partial charge in [0.15, 0.2) is 0 Å². The molecule has 2 fully saturated rings. The third kappa shape index (κ3) is 6.32. The van der Waals surface area contributed by atoms with Crippen molar-refractivity contribution in [3.8, 4) is 0 Å². The average Bonchev–Trinajstić information content (AvgIpc) is 3.61. The van der Waals surface area contributed by atoms with Gasteiger partial charge in [-0.1, -0.05) is 37.5 Å². The van der Waals surface area contributed by atoms with E-state index in [2.05, 4.69) is 25.1 Å². The van der Waals surface area contributed by atoms with E-state index in [1.54, 1.807) is 0 Å². The van der Waals surface area contributed by atoms with Crippen LogP contribution in [-0.4, -0.2) is 23.1 Å². The van der Waals surface area contributed by atoms with Crippen LogP contribution in [0.2, 0.25) is 0 Å². The first kappa shape index (κ1) is 21.9. The second kappa shape index (κ2) is 9.77. The topological polar surface area (TPSA) is 63.6 Å². The molecule has 2 aliphatic rings. The number of unbranched alkanes of at least 4 members (excludes halogenated alkanes) is 4. The Hall–Kier alpha value is -1.84. The predicted molar refractivity (Wildman–Crippen MR) is 114 cm³/mol. The highest BCUT2D eigenvalue weighted by Crippen LogP contribution is 2.50. The molecule has 0 heterocycles. The average molecular weight is 401 g/mol. The van der Waals surface area contributed by atoms with E-state index in [0.29, 0.717) is 6.47 Å². The molecule has 0 spiro atoms. The van der Waals surface area contributed by atoms with Crippen LogP contribution in [0.25, 0.3) is 0 Å². The van der Waals surface area contributed by atoms with Crippen molar-refractivity contribution in [2.45, 2.75) is 102 Å². The fourth-order valence-electron chi connectivity index (χ4n) is 4.49. The molecule has 4 nitrogen and oxygen atoms in total. The van der Waals surface area contributed by atoms with Gasteiger partial charge in [0, 0.05) is 0 Å². The second-order valence-electron chi connectivity index (χ2n) is 9.36. The van der Waals surface area contributed by atoms with Gasteiger partial charge in [0.25, 0.3) is 6.47 Å². The van der Waals surface area contributed by atoms with Crippen molar-refractivity contribution in [3.05, 3.63) is 34.9 Å². The summed E-state index contributed by atoms with van der Waals surface area (Å²) >= 11 is 0. The normalized spacial score (nSPS) is 18.2. The zero-order chi connectivity index (χ0) is 20.7. The smallest absolute Gasteiger partial charge is 0.309 e. The van der Waals surface area contributed by atoms with E-state index in [1.165, 1.54) is 29.5 Å². The molecule has 0 saturated heterocycles. The first-order chi connectivity index (χ1) is 14.0. The molecular formula is C25H36O4. The van der Waals surface area contributed by atoms with Gasteiger partial charge in [-0.2, -0.15) is 0 Å². The number of aliphatic carboxylic acids is 1. The molecule has 0 amide bonds. The molecule has 2 saturated carbocycles. The number of carbonyl (C=O) groups excluding carboxylic acids is 1. The molecule has 2 aliphatic carbocycles. The summed E-state index contributed by atoms with van der Waals surface area (Å²) in [5, 5.41) is 9.22. The maximum atomic E-state index is 11.2. The monoisotopic (exact) mass is 400 g/mol. The molecule has 0 atom stereocenters. The third-order valence-corrected chi connectivity index (χ3v) is 7.02. The lowest BCUT2D eigenvalue weighted by molar-refractivity contribution is -0.143. The lowest BCUT2D eigenvalue weighted by Gasteiger charge is -2.13. The summed E-state index contributed by atoms with van der Waals surface area (Å²) in [6.07, 6.45) is 14.7. The molecule has 1 N–H and O–H groups in total. The van der Waals surface area contributed by atoms with Crippen molar-refractivity contribution in [2.75, 3.05) is 0 Å². The first-order valence-electron chi connectivity index (χ1n) is 11.4. The number of aryl methyl sites for hydroxylation is 3.